The Morgan fingerprint density at radius 3 is 2.35 bits per heavy atom. The van der Waals surface area contributed by atoms with Gasteiger partial charge >= 0.3 is 0 Å². The van der Waals surface area contributed by atoms with E-state index in [0.29, 0.717) is 30.0 Å². The summed E-state index contributed by atoms with van der Waals surface area (Å²) in [4.78, 5) is 25.6. The maximum absolute atomic E-state index is 12.3. The lowest BCUT2D eigenvalue weighted by atomic mass is 10.1. The molecule has 1 atom stereocenters. The van der Waals surface area contributed by atoms with Gasteiger partial charge in [-0.2, -0.15) is 0 Å². The number of rotatable bonds is 4. The first kappa shape index (κ1) is 16.7. The van der Waals surface area contributed by atoms with Crippen molar-refractivity contribution in [2.75, 3.05) is 19.6 Å². The van der Waals surface area contributed by atoms with Gasteiger partial charge in [-0.05, 0) is 31.0 Å². The number of hydrogen-bond donors (Lipinski definition) is 1. The molecular weight excluding hydrogens is 276 g/mol. The molecule has 0 saturated carbocycles. The van der Waals surface area contributed by atoms with Crippen molar-refractivity contribution in [3.63, 3.8) is 0 Å². The number of ketones is 1. The Bertz CT molecular complexity index is 473. The van der Waals surface area contributed by atoms with Crippen LogP contribution in [0.3, 0.4) is 0 Å². The Balaban J connectivity index is 0.00000200. The summed E-state index contributed by atoms with van der Waals surface area (Å²) in [5.41, 5.74) is 6.94. The monoisotopic (exact) mass is 296 g/mol. The number of likely N-dealkylation sites (tertiary alicyclic amines) is 1. The first-order chi connectivity index (χ1) is 9.15. The minimum atomic E-state index is 0. The van der Waals surface area contributed by atoms with Gasteiger partial charge in [0.25, 0.3) is 5.91 Å². The first-order valence-electron chi connectivity index (χ1n) is 6.78. The molecule has 0 aromatic heterocycles. The number of Topliss-reactive ketones (excluding diaryl/α,β-unsaturated/α-hetero) is 1. The number of benzene rings is 1. The normalized spacial score (nSPS) is 17.7. The van der Waals surface area contributed by atoms with Gasteiger partial charge in [-0.3, -0.25) is 9.59 Å². The number of hydrogen-bond acceptors (Lipinski definition) is 3. The van der Waals surface area contributed by atoms with E-state index in [1.54, 1.807) is 24.3 Å². The molecule has 0 bridgehead atoms. The molecular formula is C15H21ClN2O2. The molecule has 1 aliphatic rings. The highest BCUT2D eigenvalue weighted by atomic mass is 35.5. The van der Waals surface area contributed by atoms with Crippen molar-refractivity contribution >= 4 is 24.1 Å². The lowest BCUT2D eigenvalue weighted by Crippen LogP contribution is -2.29. The van der Waals surface area contributed by atoms with Crippen molar-refractivity contribution in [1.82, 2.24) is 4.90 Å². The number of nitrogens with two attached hydrogens (primary N) is 1. The molecule has 1 amide bonds. The molecule has 1 aromatic carbocycles. The molecule has 1 unspecified atom stereocenters. The highest BCUT2D eigenvalue weighted by molar-refractivity contribution is 5.98. The number of carbonyl (C=O) groups excluding carboxylic acids is 2. The maximum Gasteiger partial charge on any atom is 0.253 e. The van der Waals surface area contributed by atoms with Crippen LogP contribution in [0.5, 0.6) is 0 Å². The standard InChI is InChI=1S/C15H20N2O2.ClH/c1-2-14(18)12-3-5-13(6-4-12)15(19)17-8-7-11(9-16)10-17;/h3-6,11H,2,7-10,16H2,1H3;1H. The van der Waals surface area contributed by atoms with Crippen molar-refractivity contribution in [3.8, 4) is 0 Å². The number of halogens is 1. The summed E-state index contributed by atoms with van der Waals surface area (Å²) in [6.07, 6.45) is 1.46. The van der Waals surface area contributed by atoms with Crippen LogP contribution in [0.2, 0.25) is 0 Å². The molecule has 110 valence electrons. The van der Waals surface area contributed by atoms with Gasteiger partial charge in [0, 0.05) is 30.6 Å². The van der Waals surface area contributed by atoms with Crippen LogP contribution >= 0.6 is 12.4 Å². The first-order valence-corrected chi connectivity index (χ1v) is 6.78. The number of amides is 1. The SMILES string of the molecule is CCC(=O)c1ccc(C(=O)N2CCC(CN)C2)cc1.Cl. The van der Waals surface area contributed by atoms with Gasteiger partial charge in [-0.15, -0.1) is 12.4 Å². The van der Waals surface area contributed by atoms with Crippen molar-refractivity contribution in [3.05, 3.63) is 35.4 Å². The van der Waals surface area contributed by atoms with Gasteiger partial charge in [0.05, 0.1) is 0 Å². The maximum atomic E-state index is 12.3. The topological polar surface area (TPSA) is 63.4 Å². The average molecular weight is 297 g/mol. The van der Waals surface area contributed by atoms with Gasteiger partial charge in [0.1, 0.15) is 0 Å². The predicted octanol–water partition coefficient (Wildman–Crippen LogP) is 2.12. The number of nitrogens with zero attached hydrogens (tertiary/aromatic N) is 1. The molecule has 2 rings (SSSR count). The predicted molar refractivity (Wildman–Crippen MR) is 81.4 cm³/mol. The zero-order chi connectivity index (χ0) is 13.8. The molecule has 2 N–H and O–H groups in total. The van der Waals surface area contributed by atoms with Crippen LogP contribution in [0.15, 0.2) is 24.3 Å². The van der Waals surface area contributed by atoms with Gasteiger partial charge in [0.15, 0.2) is 5.78 Å². The summed E-state index contributed by atoms with van der Waals surface area (Å²) < 4.78 is 0. The smallest absolute Gasteiger partial charge is 0.253 e. The lowest BCUT2D eigenvalue weighted by Gasteiger charge is -2.16. The van der Waals surface area contributed by atoms with Crippen LogP contribution in [-0.4, -0.2) is 36.2 Å². The molecule has 5 heteroatoms. The molecule has 1 aromatic rings. The van der Waals surface area contributed by atoms with Crippen LogP contribution in [0.4, 0.5) is 0 Å². The summed E-state index contributed by atoms with van der Waals surface area (Å²) in [5, 5.41) is 0. The van der Waals surface area contributed by atoms with E-state index < -0.39 is 0 Å². The van der Waals surface area contributed by atoms with Crippen molar-refractivity contribution < 1.29 is 9.59 Å². The molecule has 1 saturated heterocycles. The molecule has 0 radical (unpaired) electrons. The third-order valence-electron chi connectivity index (χ3n) is 3.68. The van der Waals surface area contributed by atoms with Crippen molar-refractivity contribution in [1.29, 1.82) is 0 Å². The summed E-state index contributed by atoms with van der Waals surface area (Å²) >= 11 is 0. The van der Waals surface area contributed by atoms with Gasteiger partial charge < -0.3 is 10.6 Å². The second kappa shape index (κ2) is 7.41. The van der Waals surface area contributed by atoms with Crippen molar-refractivity contribution in [2.24, 2.45) is 11.7 Å². The van der Waals surface area contributed by atoms with E-state index in [9.17, 15) is 9.59 Å². The van der Waals surface area contributed by atoms with Gasteiger partial charge in [-0.25, -0.2) is 0 Å². The molecule has 1 aliphatic heterocycles. The second-order valence-electron chi connectivity index (χ2n) is 5.00. The molecule has 1 fully saturated rings. The molecule has 20 heavy (non-hydrogen) atoms. The number of carbonyl (C=O) groups is 2. The largest absolute Gasteiger partial charge is 0.338 e. The minimum absolute atomic E-state index is 0. The van der Waals surface area contributed by atoms with Gasteiger partial charge in [-0.1, -0.05) is 19.1 Å². The summed E-state index contributed by atoms with van der Waals surface area (Å²) in [6.45, 7) is 3.98. The highest BCUT2D eigenvalue weighted by Gasteiger charge is 2.25. The summed E-state index contributed by atoms with van der Waals surface area (Å²) in [7, 11) is 0. The second-order valence-corrected chi connectivity index (χ2v) is 5.00. The average Bonchev–Trinajstić information content (AvgIpc) is 2.94. The fourth-order valence-electron chi connectivity index (χ4n) is 2.39. The Morgan fingerprint density at radius 2 is 1.85 bits per heavy atom. The van der Waals surface area contributed by atoms with E-state index in [0.717, 1.165) is 19.5 Å². The van der Waals surface area contributed by atoms with Crippen LogP contribution in [0.25, 0.3) is 0 Å². The minimum Gasteiger partial charge on any atom is -0.338 e. The van der Waals surface area contributed by atoms with Crippen LogP contribution in [0.1, 0.15) is 40.5 Å². The van der Waals surface area contributed by atoms with Crippen LogP contribution < -0.4 is 5.73 Å². The Kier molecular flexibility index (Phi) is 6.17. The molecule has 1 heterocycles. The van der Waals surface area contributed by atoms with E-state index in [-0.39, 0.29) is 24.1 Å². The lowest BCUT2D eigenvalue weighted by molar-refractivity contribution is 0.0787. The van der Waals surface area contributed by atoms with E-state index >= 15 is 0 Å². The molecule has 0 spiro atoms. The molecule has 0 aliphatic carbocycles. The Labute approximate surface area is 125 Å². The van der Waals surface area contributed by atoms with E-state index in [4.69, 9.17) is 5.73 Å². The third-order valence-corrected chi connectivity index (χ3v) is 3.68. The zero-order valence-corrected chi connectivity index (χ0v) is 12.5. The van der Waals surface area contributed by atoms with E-state index in [2.05, 4.69) is 0 Å². The van der Waals surface area contributed by atoms with Crippen LogP contribution in [-0.2, 0) is 0 Å². The van der Waals surface area contributed by atoms with Crippen molar-refractivity contribution in [2.45, 2.75) is 19.8 Å². The Morgan fingerprint density at radius 1 is 1.25 bits per heavy atom. The van der Waals surface area contributed by atoms with E-state index in [1.807, 2.05) is 11.8 Å². The third kappa shape index (κ3) is 3.58. The van der Waals surface area contributed by atoms with Crippen LogP contribution in [0, 0.1) is 5.92 Å². The Hall–Kier alpha value is -1.39. The summed E-state index contributed by atoms with van der Waals surface area (Å²) in [5.74, 6) is 0.555. The highest BCUT2D eigenvalue weighted by Crippen LogP contribution is 2.18. The summed E-state index contributed by atoms with van der Waals surface area (Å²) in [6, 6.07) is 6.94. The fourth-order valence-corrected chi connectivity index (χ4v) is 2.39. The van der Waals surface area contributed by atoms with Gasteiger partial charge in [0.2, 0.25) is 0 Å². The van der Waals surface area contributed by atoms with E-state index in [1.165, 1.54) is 0 Å². The fraction of sp³-hybridized carbons (Fsp3) is 0.467. The zero-order valence-electron chi connectivity index (χ0n) is 11.7. The quantitative estimate of drug-likeness (QED) is 0.866. The molecule has 4 nitrogen and oxygen atoms in total.